The van der Waals surface area contributed by atoms with Crippen molar-refractivity contribution in [3.05, 3.63) is 11.1 Å². The first-order valence-corrected chi connectivity index (χ1v) is 2.87. The fourth-order valence-corrected chi connectivity index (χ4v) is 0.309. The maximum absolute atomic E-state index is 9.76. The Morgan fingerprint density at radius 3 is 2.25 bits per heavy atom. The van der Waals surface area contributed by atoms with Crippen LogP contribution in [0.2, 0.25) is 0 Å². The predicted molar refractivity (Wildman–Crippen MR) is 34.8 cm³/mol. The third-order valence-electron chi connectivity index (χ3n) is 0.779. The molecular weight excluding hydrogens is 124 g/mol. The number of aldehydes is 1. The van der Waals surface area contributed by atoms with Gasteiger partial charge in [0.1, 0.15) is 6.29 Å². The summed E-state index contributed by atoms with van der Waals surface area (Å²) < 4.78 is 0. The largest absolute Gasteiger partial charge is 0.299 e. The van der Waals surface area contributed by atoms with Crippen LogP contribution in [0, 0.1) is 5.92 Å². The van der Waals surface area contributed by atoms with Gasteiger partial charge in [0.2, 0.25) is 0 Å². The summed E-state index contributed by atoms with van der Waals surface area (Å²) >= 11 is 5.55. The van der Waals surface area contributed by atoms with E-state index in [1.165, 1.54) is 6.08 Å². The van der Waals surface area contributed by atoms with E-state index in [2.05, 4.69) is 0 Å². The van der Waals surface area contributed by atoms with Crippen LogP contribution in [0.1, 0.15) is 13.8 Å². The molecule has 8 heavy (non-hydrogen) atoms. The molecule has 0 aromatic heterocycles. The van der Waals surface area contributed by atoms with Crippen LogP contribution in [0.3, 0.4) is 0 Å². The highest BCUT2D eigenvalue weighted by atomic mass is 35.5. The van der Waals surface area contributed by atoms with E-state index in [9.17, 15) is 4.79 Å². The first kappa shape index (κ1) is 7.70. The predicted octanol–water partition coefficient (Wildman–Crippen LogP) is 1.96. The van der Waals surface area contributed by atoms with Gasteiger partial charge in [-0.05, 0) is 12.0 Å². The van der Waals surface area contributed by atoms with Crippen molar-refractivity contribution in [2.24, 2.45) is 5.92 Å². The Bertz CT molecular complexity index is 105. The molecule has 0 aliphatic heterocycles. The maximum atomic E-state index is 9.76. The molecular formula is C6H9ClO. The fraction of sp³-hybridized carbons (Fsp3) is 0.500. The lowest BCUT2D eigenvalue weighted by molar-refractivity contribution is -0.104. The lowest BCUT2D eigenvalue weighted by Gasteiger charge is -1.97. The standard InChI is InChI=1S/C6H9ClO/c1-5(2)6(7)3-4-8/h3-5H,1-2H3. The number of carbonyl (C=O) groups excluding carboxylic acids is 1. The summed E-state index contributed by atoms with van der Waals surface area (Å²) in [5.41, 5.74) is 0. The molecule has 2 heteroatoms. The van der Waals surface area contributed by atoms with Gasteiger partial charge in [0.05, 0.1) is 0 Å². The zero-order chi connectivity index (χ0) is 6.57. The minimum Gasteiger partial charge on any atom is -0.299 e. The van der Waals surface area contributed by atoms with Crippen LogP contribution in [0.4, 0.5) is 0 Å². The minimum absolute atomic E-state index is 0.266. The molecule has 0 aromatic rings. The third-order valence-corrected chi connectivity index (χ3v) is 1.34. The lowest BCUT2D eigenvalue weighted by Crippen LogP contribution is -1.84. The molecule has 0 rings (SSSR count). The molecule has 0 heterocycles. The van der Waals surface area contributed by atoms with Crippen molar-refractivity contribution in [3.8, 4) is 0 Å². The van der Waals surface area contributed by atoms with Crippen LogP contribution >= 0.6 is 11.6 Å². The van der Waals surface area contributed by atoms with E-state index in [4.69, 9.17) is 11.6 Å². The van der Waals surface area contributed by atoms with Crippen molar-refractivity contribution < 1.29 is 4.79 Å². The number of hydrogen-bond acceptors (Lipinski definition) is 1. The summed E-state index contributed by atoms with van der Waals surface area (Å²) in [6.45, 7) is 3.87. The molecule has 0 unspecified atom stereocenters. The first-order valence-electron chi connectivity index (χ1n) is 2.49. The van der Waals surface area contributed by atoms with E-state index in [1.807, 2.05) is 13.8 Å². The number of halogens is 1. The van der Waals surface area contributed by atoms with Gasteiger partial charge in [-0.25, -0.2) is 0 Å². The average Bonchev–Trinajstić information content (AvgIpc) is 1.67. The van der Waals surface area contributed by atoms with E-state index in [0.717, 1.165) is 0 Å². The molecule has 0 atom stereocenters. The van der Waals surface area contributed by atoms with Gasteiger partial charge < -0.3 is 0 Å². The Labute approximate surface area is 54.3 Å². The Morgan fingerprint density at radius 2 is 2.12 bits per heavy atom. The second-order valence-corrected chi connectivity index (χ2v) is 2.28. The normalized spacial score (nSPS) is 12.2. The van der Waals surface area contributed by atoms with Crippen LogP contribution in [-0.4, -0.2) is 6.29 Å². The van der Waals surface area contributed by atoms with Crippen molar-refractivity contribution >= 4 is 17.9 Å². The van der Waals surface area contributed by atoms with Crippen molar-refractivity contribution in [1.29, 1.82) is 0 Å². The minimum atomic E-state index is 0.266. The Morgan fingerprint density at radius 1 is 1.62 bits per heavy atom. The van der Waals surface area contributed by atoms with Gasteiger partial charge in [-0.15, -0.1) is 0 Å². The Balaban J connectivity index is 3.78. The van der Waals surface area contributed by atoms with Gasteiger partial charge in [-0.3, -0.25) is 4.79 Å². The van der Waals surface area contributed by atoms with Crippen LogP contribution in [0.5, 0.6) is 0 Å². The third kappa shape index (κ3) is 2.80. The smallest absolute Gasteiger partial charge is 0.144 e. The number of carbonyl (C=O) groups is 1. The van der Waals surface area contributed by atoms with Crippen molar-refractivity contribution in [2.75, 3.05) is 0 Å². The molecule has 0 bridgehead atoms. The topological polar surface area (TPSA) is 17.1 Å². The second kappa shape index (κ2) is 3.67. The van der Waals surface area contributed by atoms with Gasteiger partial charge in [-0.2, -0.15) is 0 Å². The molecule has 0 fully saturated rings. The molecule has 0 saturated heterocycles. The molecule has 0 amide bonds. The lowest BCUT2D eigenvalue weighted by atomic mass is 10.2. The Kier molecular flexibility index (Phi) is 3.53. The van der Waals surface area contributed by atoms with Gasteiger partial charge in [0.15, 0.2) is 0 Å². The fourth-order valence-electron chi connectivity index (χ4n) is 0.257. The van der Waals surface area contributed by atoms with Crippen molar-refractivity contribution in [3.63, 3.8) is 0 Å². The van der Waals surface area contributed by atoms with Crippen molar-refractivity contribution in [1.82, 2.24) is 0 Å². The molecule has 1 nitrogen and oxygen atoms in total. The van der Waals surface area contributed by atoms with Gasteiger partial charge in [-0.1, -0.05) is 25.4 Å². The first-order chi connectivity index (χ1) is 3.68. The number of rotatable bonds is 2. The summed E-state index contributed by atoms with van der Waals surface area (Å²) in [7, 11) is 0. The molecule has 0 spiro atoms. The van der Waals surface area contributed by atoms with Crippen LogP contribution in [-0.2, 0) is 4.79 Å². The molecule has 0 radical (unpaired) electrons. The van der Waals surface area contributed by atoms with E-state index in [-0.39, 0.29) is 5.92 Å². The molecule has 0 aliphatic rings. The van der Waals surface area contributed by atoms with E-state index in [1.54, 1.807) is 0 Å². The maximum Gasteiger partial charge on any atom is 0.144 e. The SMILES string of the molecule is CC(C)C(Cl)=CC=O. The summed E-state index contributed by atoms with van der Waals surface area (Å²) in [6.07, 6.45) is 2.06. The zero-order valence-electron chi connectivity index (χ0n) is 5.02. The van der Waals surface area contributed by atoms with Crippen molar-refractivity contribution in [2.45, 2.75) is 13.8 Å². The monoisotopic (exact) mass is 132 g/mol. The van der Waals surface area contributed by atoms with Crippen LogP contribution < -0.4 is 0 Å². The Hall–Kier alpha value is -0.300. The van der Waals surface area contributed by atoms with E-state index >= 15 is 0 Å². The highest BCUT2D eigenvalue weighted by Crippen LogP contribution is 2.11. The van der Waals surface area contributed by atoms with Crippen LogP contribution in [0.15, 0.2) is 11.1 Å². The molecule has 0 N–H and O–H groups in total. The zero-order valence-corrected chi connectivity index (χ0v) is 5.77. The molecule has 0 aromatic carbocycles. The molecule has 0 saturated carbocycles. The summed E-state index contributed by atoms with van der Waals surface area (Å²) in [5, 5.41) is 0.611. The molecule has 46 valence electrons. The molecule has 0 aliphatic carbocycles. The summed E-state index contributed by atoms with van der Waals surface area (Å²) in [5.74, 6) is 0.266. The number of allylic oxidation sites excluding steroid dienone is 2. The average molecular weight is 133 g/mol. The summed E-state index contributed by atoms with van der Waals surface area (Å²) in [6, 6.07) is 0. The van der Waals surface area contributed by atoms with E-state index < -0.39 is 0 Å². The van der Waals surface area contributed by atoms with Crippen LogP contribution in [0.25, 0.3) is 0 Å². The van der Waals surface area contributed by atoms with E-state index in [0.29, 0.717) is 11.3 Å². The quantitative estimate of drug-likeness (QED) is 0.415. The highest BCUT2D eigenvalue weighted by molar-refractivity contribution is 6.30. The highest BCUT2D eigenvalue weighted by Gasteiger charge is 1.95. The van der Waals surface area contributed by atoms with Gasteiger partial charge in [0.25, 0.3) is 0 Å². The number of hydrogen-bond donors (Lipinski definition) is 0. The summed E-state index contributed by atoms with van der Waals surface area (Å²) in [4.78, 5) is 9.76. The van der Waals surface area contributed by atoms with Gasteiger partial charge in [0, 0.05) is 5.03 Å². The second-order valence-electron chi connectivity index (χ2n) is 1.84. The van der Waals surface area contributed by atoms with Gasteiger partial charge >= 0.3 is 0 Å².